The van der Waals surface area contributed by atoms with Crippen molar-refractivity contribution in [3.63, 3.8) is 0 Å². The van der Waals surface area contributed by atoms with Crippen molar-refractivity contribution < 1.29 is 14.6 Å². The van der Waals surface area contributed by atoms with E-state index in [0.717, 1.165) is 18.7 Å². The van der Waals surface area contributed by atoms with Gasteiger partial charge in [-0.2, -0.15) is 0 Å². The van der Waals surface area contributed by atoms with Crippen molar-refractivity contribution in [1.82, 2.24) is 4.90 Å². The SMILES string of the molecule is I.NC(=NCC(O)COCc1ccccc1)N1CCOCC1. The highest BCUT2D eigenvalue weighted by Crippen LogP contribution is 2.01. The molecule has 1 atom stereocenters. The van der Waals surface area contributed by atoms with Crippen molar-refractivity contribution in [1.29, 1.82) is 0 Å². The first-order valence-corrected chi connectivity index (χ1v) is 7.18. The van der Waals surface area contributed by atoms with Gasteiger partial charge in [0.25, 0.3) is 0 Å². The Bertz CT molecular complexity index is 439. The highest BCUT2D eigenvalue weighted by molar-refractivity contribution is 14.0. The van der Waals surface area contributed by atoms with E-state index < -0.39 is 6.10 Å². The second kappa shape index (κ2) is 10.8. The van der Waals surface area contributed by atoms with E-state index in [4.69, 9.17) is 15.2 Å². The largest absolute Gasteiger partial charge is 0.389 e. The second-order valence-corrected chi connectivity index (χ2v) is 4.95. The summed E-state index contributed by atoms with van der Waals surface area (Å²) in [5.74, 6) is 0.459. The molecule has 0 saturated carbocycles. The van der Waals surface area contributed by atoms with Gasteiger partial charge in [-0.3, -0.25) is 4.99 Å². The van der Waals surface area contributed by atoms with Crippen LogP contribution in [0.15, 0.2) is 35.3 Å². The number of hydrogen-bond acceptors (Lipinski definition) is 4. The Hall–Kier alpha value is -0.900. The molecule has 1 unspecified atom stereocenters. The number of aliphatic hydroxyl groups is 1. The van der Waals surface area contributed by atoms with Gasteiger partial charge in [-0.05, 0) is 5.56 Å². The van der Waals surface area contributed by atoms with Gasteiger partial charge < -0.3 is 25.2 Å². The molecule has 0 aliphatic carbocycles. The molecule has 22 heavy (non-hydrogen) atoms. The number of rotatable bonds is 6. The summed E-state index contributed by atoms with van der Waals surface area (Å²) < 4.78 is 10.7. The van der Waals surface area contributed by atoms with E-state index in [1.54, 1.807) is 0 Å². The van der Waals surface area contributed by atoms with E-state index >= 15 is 0 Å². The fourth-order valence-electron chi connectivity index (χ4n) is 2.03. The third kappa shape index (κ3) is 6.91. The minimum Gasteiger partial charge on any atom is -0.389 e. The number of guanidine groups is 1. The lowest BCUT2D eigenvalue weighted by Crippen LogP contribution is -2.45. The van der Waals surface area contributed by atoms with Gasteiger partial charge in [0.15, 0.2) is 5.96 Å². The first-order chi connectivity index (χ1) is 10.3. The van der Waals surface area contributed by atoms with E-state index in [1.807, 2.05) is 35.2 Å². The third-order valence-electron chi connectivity index (χ3n) is 3.22. The molecule has 1 aliphatic rings. The molecule has 6 nitrogen and oxygen atoms in total. The highest BCUT2D eigenvalue weighted by atomic mass is 127. The number of aliphatic hydroxyl groups excluding tert-OH is 1. The van der Waals surface area contributed by atoms with Crippen LogP contribution >= 0.6 is 24.0 Å². The molecular weight excluding hydrogens is 397 g/mol. The second-order valence-electron chi connectivity index (χ2n) is 4.95. The van der Waals surface area contributed by atoms with Crippen LogP contribution in [0.4, 0.5) is 0 Å². The molecule has 1 aliphatic heterocycles. The van der Waals surface area contributed by atoms with Gasteiger partial charge >= 0.3 is 0 Å². The van der Waals surface area contributed by atoms with Crippen molar-refractivity contribution in [2.24, 2.45) is 10.7 Å². The predicted molar refractivity (Wildman–Crippen MR) is 96.4 cm³/mol. The number of hydrogen-bond donors (Lipinski definition) is 2. The van der Waals surface area contributed by atoms with Crippen LogP contribution in [0.5, 0.6) is 0 Å². The maximum Gasteiger partial charge on any atom is 0.191 e. The first kappa shape index (κ1) is 19.1. The van der Waals surface area contributed by atoms with Gasteiger partial charge in [-0.25, -0.2) is 0 Å². The summed E-state index contributed by atoms with van der Waals surface area (Å²) in [4.78, 5) is 6.17. The topological polar surface area (TPSA) is 80.3 Å². The van der Waals surface area contributed by atoms with Crippen LogP contribution in [-0.2, 0) is 16.1 Å². The Balaban J connectivity index is 0.00000242. The average Bonchev–Trinajstić information content (AvgIpc) is 2.54. The lowest BCUT2D eigenvalue weighted by atomic mass is 10.2. The molecule has 1 fully saturated rings. The third-order valence-corrected chi connectivity index (χ3v) is 3.22. The van der Waals surface area contributed by atoms with Crippen LogP contribution in [0.1, 0.15) is 5.56 Å². The van der Waals surface area contributed by atoms with Crippen molar-refractivity contribution >= 4 is 29.9 Å². The molecule has 2 rings (SSSR count). The monoisotopic (exact) mass is 421 g/mol. The standard InChI is InChI=1S/C15H23N3O3.HI/c16-15(18-6-8-20-9-7-18)17-10-14(19)12-21-11-13-4-2-1-3-5-13;/h1-5,14,19H,6-12H2,(H2,16,17);1H. The molecule has 3 N–H and O–H groups in total. The minimum atomic E-state index is -0.645. The molecule has 1 heterocycles. The van der Waals surface area contributed by atoms with E-state index in [2.05, 4.69) is 4.99 Å². The van der Waals surface area contributed by atoms with Crippen LogP contribution in [0.25, 0.3) is 0 Å². The zero-order valence-corrected chi connectivity index (χ0v) is 14.9. The normalized spacial score (nSPS) is 17.0. The molecular formula is C15H24IN3O3. The molecule has 0 radical (unpaired) electrons. The summed E-state index contributed by atoms with van der Waals surface area (Å²) >= 11 is 0. The summed E-state index contributed by atoms with van der Waals surface area (Å²) in [7, 11) is 0. The quantitative estimate of drug-likeness (QED) is 0.404. The molecule has 0 bridgehead atoms. The molecule has 0 amide bonds. The van der Waals surface area contributed by atoms with Crippen LogP contribution < -0.4 is 5.73 Å². The fraction of sp³-hybridized carbons (Fsp3) is 0.533. The van der Waals surface area contributed by atoms with E-state index in [0.29, 0.717) is 25.8 Å². The number of halogens is 1. The molecule has 7 heteroatoms. The summed E-state index contributed by atoms with van der Waals surface area (Å²) in [5, 5.41) is 9.84. The number of ether oxygens (including phenoxy) is 2. The van der Waals surface area contributed by atoms with Gasteiger partial charge in [0.1, 0.15) is 0 Å². The molecule has 0 aromatic heterocycles. The molecule has 0 spiro atoms. The van der Waals surface area contributed by atoms with Crippen molar-refractivity contribution in [2.45, 2.75) is 12.7 Å². The van der Waals surface area contributed by atoms with Crippen molar-refractivity contribution in [3.8, 4) is 0 Å². The first-order valence-electron chi connectivity index (χ1n) is 7.18. The van der Waals surface area contributed by atoms with Crippen LogP contribution in [0.2, 0.25) is 0 Å². The summed E-state index contributed by atoms with van der Waals surface area (Å²) in [5.41, 5.74) is 6.97. The number of aliphatic imine (C=N–C) groups is 1. The van der Waals surface area contributed by atoms with Gasteiger partial charge in [0.2, 0.25) is 0 Å². The van der Waals surface area contributed by atoms with Crippen molar-refractivity contribution in [2.75, 3.05) is 39.5 Å². The van der Waals surface area contributed by atoms with Crippen LogP contribution in [-0.4, -0.2) is 61.5 Å². The zero-order chi connectivity index (χ0) is 14.9. The maximum atomic E-state index is 9.84. The van der Waals surface area contributed by atoms with E-state index in [9.17, 15) is 5.11 Å². The summed E-state index contributed by atoms with van der Waals surface area (Å²) in [6, 6.07) is 9.86. The Morgan fingerprint density at radius 2 is 2.00 bits per heavy atom. The van der Waals surface area contributed by atoms with Gasteiger partial charge in [0.05, 0.1) is 39.1 Å². The highest BCUT2D eigenvalue weighted by Gasteiger charge is 2.12. The Labute approximate surface area is 148 Å². The van der Waals surface area contributed by atoms with E-state index in [1.165, 1.54) is 0 Å². The fourth-order valence-corrected chi connectivity index (χ4v) is 2.03. The maximum absolute atomic E-state index is 9.84. The average molecular weight is 421 g/mol. The van der Waals surface area contributed by atoms with Gasteiger partial charge in [-0.15, -0.1) is 24.0 Å². The Kier molecular flexibility index (Phi) is 9.37. The molecule has 1 aromatic carbocycles. The molecule has 124 valence electrons. The van der Waals surface area contributed by atoms with Gasteiger partial charge in [0, 0.05) is 13.1 Å². The predicted octanol–water partition coefficient (Wildman–Crippen LogP) is 0.829. The summed E-state index contributed by atoms with van der Waals surface area (Å²) in [6.07, 6.45) is -0.645. The molecule has 1 aromatic rings. The summed E-state index contributed by atoms with van der Waals surface area (Å²) in [6.45, 7) is 3.80. The lowest BCUT2D eigenvalue weighted by Gasteiger charge is -2.27. The lowest BCUT2D eigenvalue weighted by molar-refractivity contribution is 0.0327. The number of morpholine rings is 1. The van der Waals surface area contributed by atoms with Gasteiger partial charge in [-0.1, -0.05) is 30.3 Å². The minimum absolute atomic E-state index is 0. The zero-order valence-electron chi connectivity index (χ0n) is 12.6. The Morgan fingerprint density at radius 3 is 2.68 bits per heavy atom. The number of nitrogens with two attached hydrogens (primary N) is 1. The Morgan fingerprint density at radius 1 is 1.32 bits per heavy atom. The van der Waals surface area contributed by atoms with E-state index in [-0.39, 0.29) is 37.1 Å². The van der Waals surface area contributed by atoms with Crippen molar-refractivity contribution in [3.05, 3.63) is 35.9 Å². The number of benzene rings is 1. The van der Waals surface area contributed by atoms with Crippen LogP contribution in [0, 0.1) is 0 Å². The van der Waals surface area contributed by atoms with Crippen LogP contribution in [0.3, 0.4) is 0 Å². The number of nitrogens with zero attached hydrogens (tertiary/aromatic N) is 2. The smallest absolute Gasteiger partial charge is 0.191 e. The molecule has 1 saturated heterocycles.